The predicted molar refractivity (Wildman–Crippen MR) is 110 cm³/mol. The van der Waals surface area contributed by atoms with Crippen molar-refractivity contribution in [3.63, 3.8) is 0 Å². The van der Waals surface area contributed by atoms with Crippen LogP contribution < -0.4 is 16.0 Å². The van der Waals surface area contributed by atoms with Crippen molar-refractivity contribution in [3.8, 4) is 0 Å². The normalized spacial score (nSPS) is 13.3. The summed E-state index contributed by atoms with van der Waals surface area (Å²) in [4.78, 5) is 19.6. The molecule has 0 radical (unpaired) electrons. The molecule has 3 N–H and O–H groups in total. The highest BCUT2D eigenvalue weighted by atomic mass is 35.5. The fourth-order valence-corrected chi connectivity index (χ4v) is 4.24. The van der Waals surface area contributed by atoms with Gasteiger partial charge in [0, 0.05) is 10.6 Å². The van der Waals surface area contributed by atoms with Crippen LogP contribution in [0.25, 0.3) is 0 Å². The van der Waals surface area contributed by atoms with Crippen molar-refractivity contribution in [2.24, 2.45) is 0 Å². The van der Waals surface area contributed by atoms with Gasteiger partial charge in [0.25, 0.3) is 0 Å². The van der Waals surface area contributed by atoms with E-state index >= 15 is 0 Å². The lowest BCUT2D eigenvalue weighted by atomic mass is 10.2. The monoisotopic (exact) mass is 416 g/mol. The van der Waals surface area contributed by atoms with Crippen LogP contribution in [0.5, 0.6) is 0 Å². The third-order valence-electron chi connectivity index (χ3n) is 4.07. The van der Waals surface area contributed by atoms with Crippen molar-refractivity contribution in [2.45, 2.75) is 16.5 Å². The molecule has 8 heteroatoms. The number of benzene rings is 2. The van der Waals surface area contributed by atoms with Gasteiger partial charge in [-0.25, -0.2) is 9.78 Å². The second-order valence-corrected chi connectivity index (χ2v) is 7.70. The number of hydrogen-bond acceptors (Lipinski definition) is 4. The minimum absolute atomic E-state index is 0.299. The van der Waals surface area contributed by atoms with Gasteiger partial charge in [0.1, 0.15) is 5.03 Å². The molecule has 0 atom stereocenters. The van der Waals surface area contributed by atoms with Gasteiger partial charge < -0.3 is 11.1 Å². The highest BCUT2D eigenvalue weighted by Crippen LogP contribution is 2.41. The van der Waals surface area contributed by atoms with E-state index in [1.807, 2.05) is 36.4 Å². The Morgan fingerprint density at radius 1 is 1.04 bits per heavy atom. The smallest absolute Gasteiger partial charge is 0.326 e. The van der Waals surface area contributed by atoms with Crippen LogP contribution in [-0.4, -0.2) is 11.0 Å². The van der Waals surface area contributed by atoms with Gasteiger partial charge in [-0.15, -0.1) is 0 Å². The number of hydrogen-bond donors (Lipinski definition) is 2. The molecule has 0 aliphatic carbocycles. The van der Waals surface area contributed by atoms with Gasteiger partial charge in [0.05, 0.1) is 33.7 Å². The number of urea groups is 1. The fraction of sp³-hybridized carbons (Fsp3) is 0.0526. The third-order valence-corrected chi connectivity index (χ3v) is 5.71. The molecule has 1 aliphatic rings. The Morgan fingerprint density at radius 2 is 1.78 bits per heavy atom. The van der Waals surface area contributed by atoms with Crippen molar-refractivity contribution in [1.29, 1.82) is 0 Å². The number of fused-ring (bicyclic) bond motifs is 1. The van der Waals surface area contributed by atoms with E-state index < -0.39 is 0 Å². The number of aromatic nitrogens is 1. The van der Waals surface area contributed by atoms with Crippen molar-refractivity contribution in [3.05, 3.63) is 70.3 Å². The second-order valence-electron chi connectivity index (χ2n) is 5.82. The van der Waals surface area contributed by atoms with E-state index in [0.717, 1.165) is 15.6 Å². The van der Waals surface area contributed by atoms with Crippen LogP contribution in [0.1, 0.15) is 5.69 Å². The number of nitrogens with one attached hydrogen (secondary N) is 1. The van der Waals surface area contributed by atoms with Gasteiger partial charge in [0.2, 0.25) is 0 Å². The molecule has 3 aromatic rings. The Kier molecular flexibility index (Phi) is 4.86. The van der Waals surface area contributed by atoms with Crippen molar-refractivity contribution in [1.82, 2.24) is 10.3 Å². The number of anilines is 3. The quantitative estimate of drug-likeness (QED) is 0.554. The number of nitrogen functional groups attached to an aromatic ring is 1. The van der Waals surface area contributed by atoms with Gasteiger partial charge in [-0.2, -0.15) is 0 Å². The van der Waals surface area contributed by atoms with E-state index in [-0.39, 0.29) is 6.03 Å². The first-order valence-corrected chi connectivity index (χ1v) is 9.66. The molecule has 0 unspecified atom stereocenters. The third kappa shape index (κ3) is 3.43. The summed E-state index contributed by atoms with van der Waals surface area (Å²) in [5.74, 6) is 0. The molecule has 27 heavy (non-hydrogen) atoms. The van der Waals surface area contributed by atoms with E-state index in [9.17, 15) is 4.79 Å². The Hall–Kier alpha value is -2.41. The minimum Gasteiger partial charge on any atom is -0.398 e. The first-order chi connectivity index (χ1) is 13.0. The molecule has 136 valence electrons. The molecule has 4 rings (SSSR count). The van der Waals surface area contributed by atoms with Crippen LogP contribution in [0.3, 0.4) is 0 Å². The first-order valence-electron chi connectivity index (χ1n) is 8.09. The van der Waals surface area contributed by atoms with E-state index in [1.54, 1.807) is 18.2 Å². The molecule has 1 aromatic heterocycles. The van der Waals surface area contributed by atoms with Crippen LogP contribution >= 0.6 is 35.0 Å². The minimum atomic E-state index is -0.299. The molecule has 5 nitrogen and oxygen atoms in total. The molecule has 1 aliphatic heterocycles. The predicted octanol–water partition coefficient (Wildman–Crippen LogP) is 5.48. The van der Waals surface area contributed by atoms with Crippen LogP contribution in [0.15, 0.2) is 64.5 Å². The Balaban J connectivity index is 1.74. The zero-order valence-corrected chi connectivity index (χ0v) is 16.3. The zero-order chi connectivity index (χ0) is 19.0. The highest BCUT2D eigenvalue weighted by molar-refractivity contribution is 7.99. The standard InChI is InChI=1S/C19H14Cl2N4OS/c20-11-4-3-5-12(21)18(11)25-15-8-9-17(24-14(15)10-23-19(25)26)27-16-7-2-1-6-13(16)22/h1-9H,10,22H2,(H,23,26). The lowest BCUT2D eigenvalue weighted by Crippen LogP contribution is -2.41. The summed E-state index contributed by atoms with van der Waals surface area (Å²) in [7, 11) is 0. The number of carbonyl (C=O) groups excluding carboxylic acids is 1. The molecule has 0 spiro atoms. The van der Waals surface area contributed by atoms with Crippen LogP contribution in [0.4, 0.5) is 21.9 Å². The topological polar surface area (TPSA) is 71.2 Å². The molecule has 0 saturated heterocycles. The molecular formula is C19H14Cl2N4OS. The summed E-state index contributed by atoms with van der Waals surface area (Å²) < 4.78 is 0. The molecule has 2 aromatic carbocycles. The Bertz CT molecular complexity index is 1020. The summed E-state index contributed by atoms with van der Waals surface area (Å²) in [5, 5.41) is 4.38. The lowest BCUT2D eigenvalue weighted by Gasteiger charge is -2.30. The number of halogens is 2. The number of rotatable bonds is 3. The number of nitrogens with two attached hydrogens (primary N) is 1. The maximum absolute atomic E-state index is 12.5. The van der Waals surface area contributed by atoms with Crippen molar-refractivity contribution >= 4 is 58.1 Å². The summed E-state index contributed by atoms with van der Waals surface area (Å²) in [6.45, 7) is 0.325. The maximum atomic E-state index is 12.5. The van der Waals surface area contributed by atoms with Gasteiger partial charge in [-0.3, -0.25) is 4.90 Å². The molecule has 0 saturated carbocycles. The van der Waals surface area contributed by atoms with Gasteiger partial charge in [0.15, 0.2) is 0 Å². The van der Waals surface area contributed by atoms with E-state index in [4.69, 9.17) is 28.9 Å². The summed E-state index contributed by atoms with van der Waals surface area (Å²) in [6.07, 6.45) is 0. The maximum Gasteiger partial charge on any atom is 0.326 e. The number of amides is 2. The van der Waals surface area contributed by atoms with Crippen LogP contribution in [0.2, 0.25) is 10.0 Å². The Labute approximate surface area is 170 Å². The number of nitrogens with zero attached hydrogens (tertiary/aromatic N) is 2. The molecular weight excluding hydrogens is 403 g/mol. The van der Waals surface area contributed by atoms with Crippen molar-refractivity contribution < 1.29 is 4.79 Å². The van der Waals surface area contributed by atoms with Crippen molar-refractivity contribution in [2.75, 3.05) is 10.6 Å². The average Bonchev–Trinajstić information content (AvgIpc) is 2.65. The molecule has 2 heterocycles. The fourth-order valence-electron chi connectivity index (χ4n) is 2.82. The van der Waals surface area contributed by atoms with Gasteiger partial charge in [-0.05, 0) is 36.4 Å². The number of carbonyl (C=O) groups is 1. The summed E-state index contributed by atoms with van der Waals surface area (Å²) >= 11 is 14.1. The largest absolute Gasteiger partial charge is 0.398 e. The van der Waals surface area contributed by atoms with E-state index in [0.29, 0.717) is 33.7 Å². The van der Waals surface area contributed by atoms with E-state index in [1.165, 1.54) is 16.7 Å². The molecule has 0 bridgehead atoms. The zero-order valence-electron chi connectivity index (χ0n) is 13.9. The summed E-state index contributed by atoms with van der Waals surface area (Å²) in [6, 6.07) is 16.1. The first kappa shape index (κ1) is 18.0. The SMILES string of the molecule is Nc1ccccc1Sc1ccc2c(n1)CNC(=O)N2c1c(Cl)cccc1Cl. The number of para-hydroxylation sites is 2. The number of pyridine rings is 1. The summed E-state index contributed by atoms with van der Waals surface area (Å²) in [5.41, 5.74) is 8.52. The van der Waals surface area contributed by atoms with Gasteiger partial charge >= 0.3 is 6.03 Å². The van der Waals surface area contributed by atoms with Crippen LogP contribution in [-0.2, 0) is 6.54 Å². The highest BCUT2D eigenvalue weighted by Gasteiger charge is 2.29. The van der Waals surface area contributed by atoms with Gasteiger partial charge in [-0.1, -0.05) is 53.2 Å². The second kappa shape index (κ2) is 7.31. The Morgan fingerprint density at radius 3 is 2.52 bits per heavy atom. The van der Waals surface area contributed by atoms with E-state index in [2.05, 4.69) is 10.3 Å². The van der Waals surface area contributed by atoms with Crippen LogP contribution in [0, 0.1) is 0 Å². The molecule has 2 amide bonds. The molecule has 0 fully saturated rings. The lowest BCUT2D eigenvalue weighted by molar-refractivity contribution is 0.246. The average molecular weight is 417 g/mol.